The van der Waals surface area contributed by atoms with Crippen molar-refractivity contribution >= 4 is 0 Å². The first kappa shape index (κ1) is 13.0. The zero-order valence-electron chi connectivity index (χ0n) is 9.99. The lowest BCUT2D eigenvalue weighted by atomic mass is 10.0. The average molecular weight is 222 g/mol. The van der Waals surface area contributed by atoms with Crippen LogP contribution in [-0.2, 0) is 0 Å². The van der Waals surface area contributed by atoms with Gasteiger partial charge in [0.1, 0.15) is 5.75 Å². The van der Waals surface area contributed by atoms with Gasteiger partial charge >= 0.3 is 0 Å². The van der Waals surface area contributed by atoms with E-state index in [9.17, 15) is 0 Å². The molecule has 3 heteroatoms. The van der Waals surface area contributed by atoms with Gasteiger partial charge in [-0.3, -0.25) is 0 Å². The molecule has 16 heavy (non-hydrogen) atoms. The third-order valence-electron chi connectivity index (χ3n) is 2.57. The van der Waals surface area contributed by atoms with Crippen molar-refractivity contribution in [3.63, 3.8) is 0 Å². The summed E-state index contributed by atoms with van der Waals surface area (Å²) < 4.78 is 5.45. The van der Waals surface area contributed by atoms with Gasteiger partial charge in [-0.25, -0.2) is 0 Å². The Kier molecular flexibility index (Phi) is 5.90. The van der Waals surface area contributed by atoms with Crippen molar-refractivity contribution in [2.45, 2.75) is 32.2 Å². The average Bonchev–Trinajstić information content (AvgIpc) is 2.30. The zero-order valence-corrected chi connectivity index (χ0v) is 9.99. The lowest BCUT2D eigenvalue weighted by Gasteiger charge is -2.13. The summed E-state index contributed by atoms with van der Waals surface area (Å²) in [6.07, 6.45) is 3.10. The Balaban J connectivity index is 2.53. The molecule has 1 atom stereocenters. The second kappa shape index (κ2) is 7.25. The maximum absolute atomic E-state index is 6.10. The molecule has 0 radical (unpaired) electrons. The molecule has 0 saturated carbocycles. The molecular formula is C13H22N2O. The fraction of sp³-hybridized carbons (Fsp3) is 0.538. The number of unbranched alkanes of at least 4 members (excludes halogenated alkanes) is 1. The van der Waals surface area contributed by atoms with E-state index in [0.29, 0.717) is 6.61 Å². The van der Waals surface area contributed by atoms with Gasteiger partial charge in [0.05, 0.1) is 6.61 Å². The van der Waals surface area contributed by atoms with Crippen molar-refractivity contribution in [1.29, 1.82) is 0 Å². The minimum absolute atomic E-state index is 0.0898. The minimum atomic E-state index is 0.0898. The molecule has 0 aliphatic rings. The van der Waals surface area contributed by atoms with E-state index in [0.717, 1.165) is 37.1 Å². The van der Waals surface area contributed by atoms with Crippen LogP contribution in [0.4, 0.5) is 0 Å². The predicted octanol–water partition coefficient (Wildman–Crippen LogP) is 2.21. The molecule has 0 saturated heterocycles. The van der Waals surface area contributed by atoms with Gasteiger partial charge in [0, 0.05) is 6.04 Å². The summed E-state index contributed by atoms with van der Waals surface area (Å²) in [7, 11) is 0. The summed E-state index contributed by atoms with van der Waals surface area (Å²) in [5, 5.41) is 0. The topological polar surface area (TPSA) is 61.3 Å². The highest BCUT2D eigenvalue weighted by atomic mass is 16.5. The van der Waals surface area contributed by atoms with Gasteiger partial charge in [0.15, 0.2) is 0 Å². The van der Waals surface area contributed by atoms with Crippen molar-refractivity contribution in [1.82, 2.24) is 0 Å². The Bertz CT molecular complexity index is 302. The molecule has 1 aromatic rings. The fourth-order valence-electron chi connectivity index (χ4n) is 1.68. The summed E-state index contributed by atoms with van der Waals surface area (Å²) in [4.78, 5) is 0. The Morgan fingerprint density at radius 3 is 2.81 bits per heavy atom. The second-order valence-corrected chi connectivity index (χ2v) is 3.90. The molecule has 0 aliphatic carbocycles. The monoisotopic (exact) mass is 222 g/mol. The van der Waals surface area contributed by atoms with Crippen LogP contribution in [0.5, 0.6) is 5.75 Å². The molecule has 0 spiro atoms. The minimum Gasteiger partial charge on any atom is -0.494 e. The number of benzene rings is 1. The van der Waals surface area contributed by atoms with Gasteiger partial charge in [0.25, 0.3) is 0 Å². The third-order valence-corrected chi connectivity index (χ3v) is 2.57. The van der Waals surface area contributed by atoms with E-state index in [1.807, 2.05) is 25.1 Å². The molecular weight excluding hydrogens is 200 g/mol. The first-order valence-electron chi connectivity index (χ1n) is 5.96. The standard InChI is InChI=1S/C13H22N2O/c1-2-16-12-7-5-6-11(10-12)13(15)8-3-4-9-14/h5-7,10,13H,2-4,8-9,14-15H2,1H3/t13-/m1/s1. The summed E-state index contributed by atoms with van der Waals surface area (Å²) in [6, 6.07) is 8.11. The van der Waals surface area contributed by atoms with Crippen LogP contribution in [-0.4, -0.2) is 13.2 Å². The first-order chi connectivity index (χ1) is 7.77. The van der Waals surface area contributed by atoms with Crippen LogP contribution in [0, 0.1) is 0 Å². The van der Waals surface area contributed by atoms with Gasteiger partial charge in [-0.1, -0.05) is 18.6 Å². The fourth-order valence-corrected chi connectivity index (χ4v) is 1.68. The molecule has 0 bridgehead atoms. The summed E-state index contributed by atoms with van der Waals surface area (Å²) in [5.41, 5.74) is 12.7. The quantitative estimate of drug-likeness (QED) is 0.695. The highest BCUT2D eigenvalue weighted by molar-refractivity contribution is 5.30. The molecule has 0 heterocycles. The van der Waals surface area contributed by atoms with E-state index in [1.54, 1.807) is 0 Å². The Labute approximate surface area is 97.8 Å². The van der Waals surface area contributed by atoms with Crippen LogP contribution in [0.25, 0.3) is 0 Å². The van der Waals surface area contributed by atoms with E-state index in [1.165, 1.54) is 0 Å². The SMILES string of the molecule is CCOc1cccc([C@H](N)CCCCN)c1. The van der Waals surface area contributed by atoms with Gasteiger partial charge in [-0.05, 0) is 44.0 Å². The van der Waals surface area contributed by atoms with E-state index < -0.39 is 0 Å². The summed E-state index contributed by atoms with van der Waals surface area (Å²) in [5.74, 6) is 0.897. The van der Waals surface area contributed by atoms with E-state index in [-0.39, 0.29) is 6.04 Å². The zero-order chi connectivity index (χ0) is 11.8. The highest BCUT2D eigenvalue weighted by Crippen LogP contribution is 2.21. The number of ether oxygens (including phenoxy) is 1. The van der Waals surface area contributed by atoms with Crippen LogP contribution in [0.15, 0.2) is 24.3 Å². The normalized spacial score (nSPS) is 12.4. The Morgan fingerprint density at radius 2 is 2.12 bits per heavy atom. The Hall–Kier alpha value is -1.06. The van der Waals surface area contributed by atoms with Crippen molar-refractivity contribution in [3.8, 4) is 5.75 Å². The number of nitrogens with two attached hydrogens (primary N) is 2. The van der Waals surface area contributed by atoms with Gasteiger partial charge in [0.2, 0.25) is 0 Å². The van der Waals surface area contributed by atoms with Crippen LogP contribution in [0.1, 0.15) is 37.8 Å². The largest absolute Gasteiger partial charge is 0.494 e. The van der Waals surface area contributed by atoms with E-state index in [2.05, 4.69) is 6.07 Å². The molecule has 0 fully saturated rings. The lowest BCUT2D eigenvalue weighted by Crippen LogP contribution is -2.11. The van der Waals surface area contributed by atoms with Crippen molar-refractivity contribution < 1.29 is 4.74 Å². The molecule has 0 unspecified atom stereocenters. The Morgan fingerprint density at radius 1 is 1.31 bits per heavy atom. The van der Waals surface area contributed by atoms with Crippen molar-refractivity contribution in [2.24, 2.45) is 11.5 Å². The number of hydrogen-bond acceptors (Lipinski definition) is 3. The van der Waals surface area contributed by atoms with Crippen LogP contribution in [0.2, 0.25) is 0 Å². The van der Waals surface area contributed by atoms with Crippen LogP contribution < -0.4 is 16.2 Å². The van der Waals surface area contributed by atoms with Gasteiger partial charge in [-0.2, -0.15) is 0 Å². The number of hydrogen-bond donors (Lipinski definition) is 2. The van der Waals surface area contributed by atoms with Gasteiger partial charge < -0.3 is 16.2 Å². The first-order valence-corrected chi connectivity index (χ1v) is 5.96. The molecule has 1 rings (SSSR count). The van der Waals surface area contributed by atoms with Crippen LogP contribution >= 0.6 is 0 Å². The second-order valence-electron chi connectivity index (χ2n) is 3.90. The molecule has 0 aromatic heterocycles. The molecule has 0 amide bonds. The molecule has 0 aliphatic heterocycles. The predicted molar refractivity (Wildman–Crippen MR) is 67.4 cm³/mol. The van der Waals surface area contributed by atoms with Crippen LogP contribution in [0.3, 0.4) is 0 Å². The molecule has 90 valence electrons. The summed E-state index contributed by atoms with van der Waals surface area (Å²) in [6.45, 7) is 3.41. The van der Waals surface area contributed by atoms with Crippen molar-refractivity contribution in [2.75, 3.05) is 13.2 Å². The highest BCUT2D eigenvalue weighted by Gasteiger charge is 2.06. The summed E-state index contributed by atoms with van der Waals surface area (Å²) >= 11 is 0. The van der Waals surface area contributed by atoms with Gasteiger partial charge in [-0.15, -0.1) is 0 Å². The van der Waals surface area contributed by atoms with E-state index >= 15 is 0 Å². The third kappa shape index (κ3) is 4.21. The molecule has 4 N–H and O–H groups in total. The number of rotatable bonds is 7. The smallest absolute Gasteiger partial charge is 0.119 e. The van der Waals surface area contributed by atoms with Crippen molar-refractivity contribution in [3.05, 3.63) is 29.8 Å². The maximum Gasteiger partial charge on any atom is 0.119 e. The maximum atomic E-state index is 6.10. The molecule has 1 aromatic carbocycles. The van der Waals surface area contributed by atoms with E-state index in [4.69, 9.17) is 16.2 Å². The molecule has 3 nitrogen and oxygen atoms in total. The lowest BCUT2D eigenvalue weighted by molar-refractivity contribution is 0.339.